The van der Waals surface area contributed by atoms with Crippen molar-refractivity contribution in [2.75, 3.05) is 0 Å². The highest BCUT2D eigenvalue weighted by molar-refractivity contribution is 6.11. The molecule has 3 aromatic heterocycles. The molecule has 0 N–H and O–H groups in total. The zero-order chi connectivity index (χ0) is 43.7. The molecule has 7 nitrogen and oxygen atoms in total. The first kappa shape index (κ1) is 38.6. The van der Waals surface area contributed by atoms with Crippen molar-refractivity contribution in [1.29, 1.82) is 10.5 Å². The normalized spacial score (nSPS) is 11.0. The van der Waals surface area contributed by atoms with Crippen LogP contribution >= 0.6 is 0 Å². The number of nitriles is 2. The lowest BCUT2D eigenvalue weighted by Gasteiger charge is -2.17. The second kappa shape index (κ2) is 16.5. The Balaban J connectivity index is 1.19. The van der Waals surface area contributed by atoms with E-state index in [1.807, 2.05) is 97.1 Å². The smallest absolute Gasteiger partial charge is 0.160 e. The fraction of sp³-hybridized carbons (Fsp3) is 0. The molecule has 11 aromatic rings. The van der Waals surface area contributed by atoms with E-state index in [4.69, 9.17) is 19.9 Å². The molecule has 0 aliphatic heterocycles. The Morgan fingerprint density at radius 1 is 0.323 bits per heavy atom. The van der Waals surface area contributed by atoms with E-state index in [0.717, 1.165) is 94.8 Å². The van der Waals surface area contributed by atoms with Gasteiger partial charge in [0.25, 0.3) is 0 Å². The molecule has 8 aromatic carbocycles. The summed E-state index contributed by atoms with van der Waals surface area (Å²) in [5.74, 6) is 1.19. The Morgan fingerprint density at radius 3 is 1.35 bits per heavy atom. The van der Waals surface area contributed by atoms with Crippen molar-refractivity contribution in [2.24, 2.45) is 0 Å². The van der Waals surface area contributed by atoms with Crippen molar-refractivity contribution in [2.45, 2.75) is 0 Å². The van der Waals surface area contributed by atoms with Crippen LogP contribution in [-0.2, 0) is 0 Å². The molecule has 0 radical (unpaired) electrons. The fourth-order valence-corrected chi connectivity index (χ4v) is 8.56. The van der Waals surface area contributed by atoms with Crippen LogP contribution < -0.4 is 0 Å². The van der Waals surface area contributed by atoms with Crippen LogP contribution in [0.2, 0.25) is 0 Å². The maximum absolute atomic E-state index is 9.80. The van der Waals surface area contributed by atoms with Crippen LogP contribution in [0.25, 0.3) is 106 Å². The zero-order valence-electron chi connectivity index (χ0n) is 34.8. The average molecular weight is 830 g/mol. The SMILES string of the molecule is N#Cc1cc(C#N)cc(-c2ccc3c(c2)c2ccccc2n3-c2ccc(-c3nc(-c4ccccc4)cc(-c4ccccc4)n3)cc2-c2cc(-c3ccccc3)nc(-c3ccccc3)n2)c1. The van der Waals surface area contributed by atoms with Gasteiger partial charge in [-0.1, -0.05) is 146 Å². The molecule has 3 heterocycles. The van der Waals surface area contributed by atoms with Gasteiger partial charge >= 0.3 is 0 Å². The highest BCUT2D eigenvalue weighted by Crippen LogP contribution is 2.41. The number of rotatable bonds is 8. The van der Waals surface area contributed by atoms with Crippen molar-refractivity contribution in [1.82, 2.24) is 24.5 Å². The van der Waals surface area contributed by atoms with Gasteiger partial charge in [0, 0.05) is 44.2 Å². The van der Waals surface area contributed by atoms with E-state index < -0.39 is 0 Å². The summed E-state index contributed by atoms with van der Waals surface area (Å²) >= 11 is 0. The lowest BCUT2D eigenvalue weighted by atomic mass is 9.99. The molecule has 0 aliphatic rings. The van der Waals surface area contributed by atoms with E-state index in [9.17, 15) is 10.5 Å². The first-order valence-electron chi connectivity index (χ1n) is 21.2. The van der Waals surface area contributed by atoms with Gasteiger partial charge in [-0.15, -0.1) is 0 Å². The lowest BCUT2D eigenvalue weighted by molar-refractivity contribution is 1.14. The Morgan fingerprint density at radius 2 is 0.785 bits per heavy atom. The van der Waals surface area contributed by atoms with Crippen molar-refractivity contribution in [3.63, 3.8) is 0 Å². The minimum atomic E-state index is 0.440. The van der Waals surface area contributed by atoms with Gasteiger partial charge in [-0.05, 0) is 77.9 Å². The van der Waals surface area contributed by atoms with Crippen LogP contribution in [0.4, 0.5) is 0 Å². The minimum Gasteiger partial charge on any atom is -0.309 e. The quantitative estimate of drug-likeness (QED) is 0.151. The summed E-state index contributed by atoms with van der Waals surface area (Å²) < 4.78 is 2.29. The number of hydrogen-bond acceptors (Lipinski definition) is 6. The molecule has 11 rings (SSSR count). The number of hydrogen-bond donors (Lipinski definition) is 0. The molecular formula is C58H35N7. The number of nitrogens with zero attached hydrogens (tertiary/aromatic N) is 7. The molecule has 0 aliphatic carbocycles. The monoisotopic (exact) mass is 829 g/mol. The second-order valence-corrected chi connectivity index (χ2v) is 15.7. The van der Waals surface area contributed by atoms with E-state index in [1.165, 1.54) is 0 Å². The Hall–Kier alpha value is -9.30. The first-order chi connectivity index (χ1) is 32.1. The molecule has 0 spiro atoms. The Labute approximate surface area is 375 Å². The maximum Gasteiger partial charge on any atom is 0.160 e. The van der Waals surface area contributed by atoms with Crippen molar-refractivity contribution < 1.29 is 0 Å². The average Bonchev–Trinajstić information content (AvgIpc) is 3.72. The summed E-state index contributed by atoms with van der Waals surface area (Å²) in [5.41, 5.74) is 14.2. The summed E-state index contributed by atoms with van der Waals surface area (Å²) in [6, 6.07) is 75.7. The largest absolute Gasteiger partial charge is 0.309 e. The van der Waals surface area contributed by atoms with Gasteiger partial charge in [-0.2, -0.15) is 10.5 Å². The molecule has 0 atom stereocenters. The van der Waals surface area contributed by atoms with E-state index >= 15 is 0 Å². The standard InChI is InChI=1S/C58H35N7/c59-36-38-29-39(37-60)31-46(30-38)44-25-27-55-48(32-44)47-23-13-14-24-54(47)65(55)56-28-26-45(58-62-50(40-15-5-1-6-16-40)34-51(63-58)41-17-7-2-8-18-41)33-49(56)53-35-52(42-19-9-3-10-20-42)61-57(64-53)43-21-11-4-12-22-43/h1-35H. The number of fused-ring (bicyclic) bond motifs is 3. The molecular weight excluding hydrogens is 795 g/mol. The van der Waals surface area contributed by atoms with E-state index in [1.54, 1.807) is 6.07 Å². The van der Waals surface area contributed by atoms with E-state index in [0.29, 0.717) is 22.8 Å². The summed E-state index contributed by atoms with van der Waals surface area (Å²) in [6.07, 6.45) is 0. The van der Waals surface area contributed by atoms with Crippen LogP contribution in [0, 0.1) is 22.7 Å². The highest BCUT2D eigenvalue weighted by Gasteiger charge is 2.21. The molecule has 0 bridgehead atoms. The van der Waals surface area contributed by atoms with Crippen molar-refractivity contribution in [3.05, 3.63) is 223 Å². The number of aromatic nitrogens is 5. The first-order valence-corrected chi connectivity index (χ1v) is 21.2. The highest BCUT2D eigenvalue weighted by atomic mass is 15.0. The van der Waals surface area contributed by atoms with Crippen LogP contribution in [0.3, 0.4) is 0 Å². The molecule has 0 saturated heterocycles. The van der Waals surface area contributed by atoms with Crippen LogP contribution in [0.15, 0.2) is 212 Å². The molecule has 7 heteroatoms. The van der Waals surface area contributed by atoms with Gasteiger partial charge in [-0.3, -0.25) is 0 Å². The maximum atomic E-state index is 9.80. The Bertz CT molecular complexity index is 3520. The van der Waals surface area contributed by atoms with Gasteiger partial charge in [0.05, 0.1) is 62.8 Å². The summed E-state index contributed by atoms with van der Waals surface area (Å²) in [7, 11) is 0. The van der Waals surface area contributed by atoms with Crippen molar-refractivity contribution >= 4 is 21.8 Å². The van der Waals surface area contributed by atoms with Crippen molar-refractivity contribution in [3.8, 4) is 96.8 Å². The van der Waals surface area contributed by atoms with Crippen LogP contribution in [0.5, 0.6) is 0 Å². The van der Waals surface area contributed by atoms with Gasteiger partial charge < -0.3 is 4.57 Å². The summed E-state index contributed by atoms with van der Waals surface area (Å²) in [5, 5.41) is 21.7. The number of para-hydroxylation sites is 1. The minimum absolute atomic E-state index is 0.440. The van der Waals surface area contributed by atoms with E-state index in [-0.39, 0.29) is 0 Å². The third kappa shape index (κ3) is 7.36. The topological polar surface area (TPSA) is 104 Å². The molecule has 0 amide bonds. The van der Waals surface area contributed by atoms with Crippen LogP contribution in [-0.4, -0.2) is 24.5 Å². The summed E-state index contributed by atoms with van der Waals surface area (Å²) in [6.45, 7) is 0. The zero-order valence-corrected chi connectivity index (χ0v) is 34.8. The molecule has 0 unspecified atom stereocenters. The predicted octanol–water partition coefficient (Wildman–Crippen LogP) is 13.8. The van der Waals surface area contributed by atoms with Gasteiger partial charge in [0.15, 0.2) is 11.6 Å². The van der Waals surface area contributed by atoms with Gasteiger partial charge in [0.1, 0.15) is 0 Å². The molecule has 0 saturated carbocycles. The van der Waals surface area contributed by atoms with E-state index in [2.05, 4.69) is 126 Å². The molecule has 65 heavy (non-hydrogen) atoms. The molecule has 0 fully saturated rings. The second-order valence-electron chi connectivity index (χ2n) is 15.7. The van der Waals surface area contributed by atoms with Crippen LogP contribution in [0.1, 0.15) is 11.1 Å². The third-order valence-corrected chi connectivity index (χ3v) is 11.7. The third-order valence-electron chi connectivity index (χ3n) is 11.7. The number of benzene rings is 8. The Kier molecular flexibility index (Phi) is 9.82. The molecule has 302 valence electrons. The summed E-state index contributed by atoms with van der Waals surface area (Å²) in [4.78, 5) is 21.0. The fourth-order valence-electron chi connectivity index (χ4n) is 8.56. The lowest BCUT2D eigenvalue weighted by Crippen LogP contribution is -2.02. The predicted molar refractivity (Wildman–Crippen MR) is 259 cm³/mol. The van der Waals surface area contributed by atoms with Gasteiger partial charge in [-0.25, -0.2) is 19.9 Å². The van der Waals surface area contributed by atoms with Gasteiger partial charge in [0.2, 0.25) is 0 Å².